The quantitative estimate of drug-likeness (QED) is 0.123. The van der Waals surface area contributed by atoms with Crippen molar-refractivity contribution in [2.45, 2.75) is 55.8 Å². The van der Waals surface area contributed by atoms with Crippen molar-refractivity contribution in [3.05, 3.63) is 139 Å². The second kappa shape index (κ2) is 16.2. The zero-order chi connectivity index (χ0) is 33.8. The summed E-state index contributed by atoms with van der Waals surface area (Å²) in [6.45, 7) is 0. The van der Waals surface area contributed by atoms with Gasteiger partial charge in [-0.25, -0.2) is 4.39 Å². The van der Waals surface area contributed by atoms with E-state index in [1.54, 1.807) is 11.3 Å². The minimum absolute atomic E-state index is 0. The molecule has 2 nitrogen and oxygen atoms in total. The predicted molar refractivity (Wildman–Crippen MR) is 209 cm³/mol. The summed E-state index contributed by atoms with van der Waals surface area (Å²) < 4.78 is 17.5. The molecule has 4 aromatic carbocycles. The molecule has 0 atom stereocenters. The first-order chi connectivity index (χ1) is 23.8. The number of benzene rings is 4. The predicted octanol–water partition coefficient (Wildman–Crippen LogP) is 11.9. The number of thiophene rings is 1. The molecule has 0 amide bonds. The van der Waals surface area contributed by atoms with E-state index in [9.17, 15) is 4.39 Å². The number of aromatic nitrogens is 2. The third-order valence-corrected chi connectivity index (χ3v) is 14.9. The smallest absolute Gasteiger partial charge is 0 e. The fraction of sp³-hybridized carbons (Fsp3) is 0.227. The maximum Gasteiger partial charge on any atom is 0 e. The van der Waals surface area contributed by atoms with E-state index in [0.29, 0.717) is 0 Å². The molecular formula is C44H41FGeIrN2S-2. The van der Waals surface area contributed by atoms with Crippen molar-refractivity contribution >= 4 is 49.2 Å². The van der Waals surface area contributed by atoms with E-state index in [4.69, 9.17) is 4.98 Å². The molecule has 7 aromatic rings. The molecule has 0 saturated heterocycles. The van der Waals surface area contributed by atoms with Crippen molar-refractivity contribution in [2.24, 2.45) is 5.92 Å². The maximum absolute atomic E-state index is 13.7. The Labute approximate surface area is 315 Å². The summed E-state index contributed by atoms with van der Waals surface area (Å²) in [6.07, 6.45) is 11.9. The molecule has 8 rings (SSSR count). The molecule has 0 unspecified atom stereocenters. The number of nitrogens with zero attached hydrogens (tertiary/aromatic N) is 2. The normalized spacial score (nSPS) is 13.4. The number of fused-ring (bicyclic) bond motifs is 3. The average Bonchev–Trinajstić information content (AvgIpc) is 3.51. The first kappa shape index (κ1) is 36.3. The SMILES string of the molecule is Fc1ccc(-c2cc(-c3cc(CC4CCCCC4)ccn3)[c-]c3sc4ccccc4c23)cc1.[CH3][Ge]([CH3])([CH3])[c]1ccc(-c2[c-]cccc2)nc1.[Ir]. The van der Waals surface area contributed by atoms with Crippen molar-refractivity contribution in [1.82, 2.24) is 9.97 Å². The van der Waals surface area contributed by atoms with Crippen LogP contribution in [0, 0.1) is 23.9 Å². The zero-order valence-electron chi connectivity index (χ0n) is 28.8. The van der Waals surface area contributed by atoms with E-state index in [1.807, 2.05) is 48.8 Å². The van der Waals surface area contributed by atoms with Gasteiger partial charge < -0.3 is 4.98 Å². The van der Waals surface area contributed by atoms with Gasteiger partial charge in [0.05, 0.1) is 0 Å². The van der Waals surface area contributed by atoms with Crippen LogP contribution in [0.3, 0.4) is 0 Å². The third-order valence-electron chi connectivity index (χ3n) is 9.52. The first-order valence-electron chi connectivity index (χ1n) is 17.3. The molecule has 0 aliphatic heterocycles. The number of pyridine rings is 2. The van der Waals surface area contributed by atoms with Crippen molar-refractivity contribution < 1.29 is 24.5 Å². The molecule has 0 bridgehead atoms. The summed E-state index contributed by atoms with van der Waals surface area (Å²) >= 11 is 0.0419. The summed E-state index contributed by atoms with van der Waals surface area (Å²) in [5.41, 5.74) is 7.52. The summed E-state index contributed by atoms with van der Waals surface area (Å²) in [7, 11) is 0. The molecule has 255 valence electrons. The molecule has 0 spiro atoms. The largest absolute Gasteiger partial charge is 0 e. The number of hydrogen-bond donors (Lipinski definition) is 0. The Bertz CT molecular complexity index is 2170. The standard InChI is InChI=1S/C30H25FNS.C14H16GeN.Ir/c31-24-12-10-22(11-13-24)26-18-23(19-29-30(26)25-8-4-5-9-28(25)33-29)27-17-21(14-15-32-27)16-20-6-2-1-3-7-20;1-15(2,3)13-9-10-14(16-11-13)12-7-5-4-6-8-12;/h4-5,8-15,17-18,20H,1-3,6-7,16H2;4-7,9-11H,1-3H3;/q2*-1;. The van der Waals surface area contributed by atoms with Crippen LogP contribution in [0.4, 0.5) is 4.39 Å². The molecule has 1 radical (unpaired) electrons. The fourth-order valence-corrected chi connectivity index (χ4v) is 10.1. The topological polar surface area (TPSA) is 25.8 Å². The van der Waals surface area contributed by atoms with Gasteiger partial charge in [0, 0.05) is 31.0 Å². The minimum Gasteiger partial charge on any atom is 0 e. The van der Waals surface area contributed by atoms with Gasteiger partial charge in [-0.05, 0) is 57.9 Å². The van der Waals surface area contributed by atoms with E-state index >= 15 is 0 Å². The third kappa shape index (κ3) is 8.51. The van der Waals surface area contributed by atoms with E-state index in [0.717, 1.165) is 50.7 Å². The number of rotatable bonds is 6. The first-order valence-corrected chi connectivity index (χ1v) is 25.5. The van der Waals surface area contributed by atoms with Gasteiger partial charge in [0.15, 0.2) is 0 Å². The van der Waals surface area contributed by atoms with Gasteiger partial charge >= 0.3 is 99.8 Å². The average molecular weight is 914 g/mol. The van der Waals surface area contributed by atoms with Crippen molar-refractivity contribution in [2.75, 3.05) is 0 Å². The van der Waals surface area contributed by atoms with Gasteiger partial charge in [-0.1, -0.05) is 85.0 Å². The Morgan fingerprint density at radius 1 is 0.800 bits per heavy atom. The zero-order valence-corrected chi connectivity index (χ0v) is 34.1. The van der Waals surface area contributed by atoms with Crippen molar-refractivity contribution in [3.63, 3.8) is 0 Å². The van der Waals surface area contributed by atoms with E-state index < -0.39 is 13.3 Å². The van der Waals surface area contributed by atoms with Gasteiger partial charge in [0.2, 0.25) is 0 Å². The Balaban J connectivity index is 0.000000215. The van der Waals surface area contributed by atoms with E-state index in [2.05, 4.69) is 89.0 Å². The Hall–Kier alpha value is -3.48. The van der Waals surface area contributed by atoms with Crippen LogP contribution >= 0.6 is 11.3 Å². The van der Waals surface area contributed by atoms with Gasteiger partial charge in [-0.3, -0.25) is 0 Å². The van der Waals surface area contributed by atoms with Gasteiger partial charge in [0.1, 0.15) is 5.82 Å². The van der Waals surface area contributed by atoms with Crippen molar-refractivity contribution in [3.8, 4) is 33.6 Å². The van der Waals surface area contributed by atoms with Crippen LogP contribution in [-0.4, -0.2) is 23.2 Å². The Morgan fingerprint density at radius 2 is 1.58 bits per heavy atom. The number of hydrogen-bond acceptors (Lipinski definition) is 3. The van der Waals surface area contributed by atoms with Crippen LogP contribution in [0.25, 0.3) is 53.8 Å². The molecule has 6 heteroatoms. The Kier molecular flexibility index (Phi) is 11.8. The Morgan fingerprint density at radius 3 is 2.30 bits per heavy atom. The van der Waals surface area contributed by atoms with Crippen LogP contribution in [0.15, 0.2) is 116 Å². The van der Waals surface area contributed by atoms with Gasteiger partial charge in [-0.2, -0.15) is 11.3 Å². The van der Waals surface area contributed by atoms with Crippen LogP contribution in [-0.2, 0) is 26.5 Å². The summed E-state index contributed by atoms with van der Waals surface area (Å²) in [6, 6.07) is 41.0. The molecule has 3 heterocycles. The molecule has 1 fully saturated rings. The molecular weight excluding hydrogens is 872 g/mol. The molecule has 50 heavy (non-hydrogen) atoms. The second-order valence-electron chi connectivity index (χ2n) is 14.1. The van der Waals surface area contributed by atoms with E-state index in [1.165, 1.54) is 69.7 Å². The van der Waals surface area contributed by atoms with E-state index in [-0.39, 0.29) is 25.9 Å². The molecule has 1 saturated carbocycles. The molecule has 3 aromatic heterocycles. The van der Waals surface area contributed by atoms with Gasteiger partial charge in [0.25, 0.3) is 0 Å². The minimum atomic E-state index is -1.72. The number of halogens is 1. The van der Waals surface area contributed by atoms with Crippen LogP contribution < -0.4 is 4.40 Å². The molecule has 0 N–H and O–H groups in total. The monoisotopic (exact) mass is 915 g/mol. The molecule has 1 aliphatic rings. The summed E-state index contributed by atoms with van der Waals surface area (Å²) in [5, 5.41) is 2.41. The van der Waals surface area contributed by atoms with Crippen LogP contribution in [0.1, 0.15) is 37.7 Å². The maximum atomic E-state index is 13.7. The molecule has 1 aliphatic carbocycles. The van der Waals surface area contributed by atoms with Crippen LogP contribution in [0.2, 0.25) is 17.3 Å². The summed E-state index contributed by atoms with van der Waals surface area (Å²) in [5.74, 6) is 7.71. The van der Waals surface area contributed by atoms with Crippen molar-refractivity contribution in [1.29, 1.82) is 0 Å². The second-order valence-corrected chi connectivity index (χ2v) is 25.8. The van der Waals surface area contributed by atoms with Gasteiger partial charge in [-0.15, -0.1) is 17.7 Å². The summed E-state index contributed by atoms with van der Waals surface area (Å²) in [4.78, 5) is 9.26. The fourth-order valence-electron chi connectivity index (χ4n) is 6.79. The van der Waals surface area contributed by atoms with Crippen LogP contribution in [0.5, 0.6) is 0 Å².